The SMILES string of the molecule is CC(C)(C)OC(=O)Nc1ccc(F)c(NCc2cnccn2)c1. The van der Waals surface area contributed by atoms with E-state index >= 15 is 0 Å². The average Bonchev–Trinajstić information content (AvgIpc) is 2.47. The fraction of sp³-hybridized carbons (Fsp3) is 0.312. The number of nitrogens with one attached hydrogen (secondary N) is 2. The van der Waals surface area contributed by atoms with Crippen LogP contribution in [0.1, 0.15) is 26.5 Å². The van der Waals surface area contributed by atoms with E-state index in [1.54, 1.807) is 39.4 Å². The Morgan fingerprint density at radius 3 is 2.74 bits per heavy atom. The number of carbonyl (C=O) groups is 1. The molecule has 23 heavy (non-hydrogen) atoms. The fourth-order valence-corrected chi connectivity index (χ4v) is 1.77. The van der Waals surface area contributed by atoms with Crippen molar-refractivity contribution in [3.63, 3.8) is 0 Å². The van der Waals surface area contributed by atoms with Gasteiger partial charge < -0.3 is 10.1 Å². The number of hydrogen-bond acceptors (Lipinski definition) is 5. The number of nitrogens with zero attached hydrogens (tertiary/aromatic N) is 2. The van der Waals surface area contributed by atoms with E-state index in [9.17, 15) is 9.18 Å². The van der Waals surface area contributed by atoms with Gasteiger partial charge in [0.2, 0.25) is 0 Å². The van der Waals surface area contributed by atoms with E-state index in [2.05, 4.69) is 20.6 Å². The van der Waals surface area contributed by atoms with Gasteiger partial charge in [0.1, 0.15) is 11.4 Å². The van der Waals surface area contributed by atoms with Crippen LogP contribution in [0.5, 0.6) is 0 Å². The molecule has 0 aliphatic carbocycles. The molecule has 1 aromatic carbocycles. The summed E-state index contributed by atoms with van der Waals surface area (Å²) in [6.45, 7) is 5.63. The van der Waals surface area contributed by atoms with Crippen molar-refractivity contribution in [1.82, 2.24) is 9.97 Å². The van der Waals surface area contributed by atoms with Crippen LogP contribution in [0.3, 0.4) is 0 Å². The quantitative estimate of drug-likeness (QED) is 0.901. The molecule has 2 N–H and O–H groups in total. The van der Waals surface area contributed by atoms with Crippen molar-refractivity contribution in [2.24, 2.45) is 0 Å². The van der Waals surface area contributed by atoms with E-state index in [1.807, 2.05) is 0 Å². The minimum absolute atomic E-state index is 0.254. The lowest BCUT2D eigenvalue weighted by atomic mass is 10.2. The van der Waals surface area contributed by atoms with Gasteiger partial charge in [-0.25, -0.2) is 9.18 Å². The summed E-state index contributed by atoms with van der Waals surface area (Å²) < 4.78 is 19.0. The molecule has 0 spiro atoms. The summed E-state index contributed by atoms with van der Waals surface area (Å²) in [7, 11) is 0. The minimum atomic E-state index is -0.600. The van der Waals surface area contributed by atoms with Crippen molar-refractivity contribution in [1.29, 1.82) is 0 Å². The van der Waals surface area contributed by atoms with E-state index in [4.69, 9.17) is 4.74 Å². The second kappa shape index (κ2) is 7.04. The van der Waals surface area contributed by atoms with Gasteiger partial charge in [0.15, 0.2) is 0 Å². The van der Waals surface area contributed by atoms with Gasteiger partial charge in [-0.3, -0.25) is 15.3 Å². The molecule has 0 atom stereocenters. The number of anilines is 2. The van der Waals surface area contributed by atoms with Crippen LogP contribution in [0.4, 0.5) is 20.6 Å². The Morgan fingerprint density at radius 1 is 1.30 bits per heavy atom. The monoisotopic (exact) mass is 318 g/mol. The van der Waals surface area contributed by atoms with Crippen LogP contribution in [0.25, 0.3) is 0 Å². The maximum atomic E-state index is 13.8. The summed E-state index contributed by atoms with van der Waals surface area (Å²) in [5.41, 5.74) is 0.765. The first kappa shape index (κ1) is 16.7. The molecule has 2 aromatic rings. The molecule has 1 heterocycles. The highest BCUT2D eigenvalue weighted by atomic mass is 19.1. The number of hydrogen-bond donors (Lipinski definition) is 2. The van der Waals surface area contributed by atoms with E-state index in [-0.39, 0.29) is 5.69 Å². The molecule has 0 bridgehead atoms. The maximum absolute atomic E-state index is 13.8. The molecule has 0 fully saturated rings. The first-order valence-corrected chi connectivity index (χ1v) is 7.12. The maximum Gasteiger partial charge on any atom is 0.412 e. The molecule has 6 nitrogen and oxygen atoms in total. The van der Waals surface area contributed by atoms with Crippen molar-refractivity contribution in [2.45, 2.75) is 32.9 Å². The summed E-state index contributed by atoms with van der Waals surface area (Å²) in [4.78, 5) is 19.8. The molecule has 0 aliphatic heterocycles. The highest BCUT2D eigenvalue weighted by Crippen LogP contribution is 2.21. The van der Waals surface area contributed by atoms with Crippen LogP contribution in [0.15, 0.2) is 36.8 Å². The topological polar surface area (TPSA) is 76.1 Å². The van der Waals surface area contributed by atoms with Gasteiger partial charge in [0.25, 0.3) is 0 Å². The van der Waals surface area contributed by atoms with Gasteiger partial charge in [-0.1, -0.05) is 0 Å². The largest absolute Gasteiger partial charge is 0.444 e. The first-order chi connectivity index (χ1) is 10.8. The lowest BCUT2D eigenvalue weighted by molar-refractivity contribution is 0.0636. The summed E-state index contributed by atoms with van der Waals surface area (Å²) in [6, 6.07) is 4.23. The number of ether oxygens (including phenoxy) is 1. The third-order valence-electron chi connectivity index (χ3n) is 2.69. The molecule has 7 heteroatoms. The number of amides is 1. The van der Waals surface area contributed by atoms with Gasteiger partial charge in [-0.05, 0) is 39.0 Å². The Labute approximate surface area is 134 Å². The van der Waals surface area contributed by atoms with E-state index in [1.165, 1.54) is 18.2 Å². The molecule has 0 saturated heterocycles. The summed E-state index contributed by atoms with van der Waals surface area (Å²) in [6.07, 6.45) is 4.13. The predicted molar refractivity (Wildman–Crippen MR) is 85.6 cm³/mol. The van der Waals surface area contributed by atoms with E-state index in [0.717, 1.165) is 0 Å². The Kier molecular flexibility index (Phi) is 5.10. The van der Waals surface area contributed by atoms with E-state index in [0.29, 0.717) is 17.9 Å². The van der Waals surface area contributed by atoms with Crippen LogP contribution in [0.2, 0.25) is 0 Å². The zero-order valence-corrected chi connectivity index (χ0v) is 13.3. The number of benzene rings is 1. The van der Waals surface area contributed by atoms with Gasteiger partial charge in [0.05, 0.1) is 24.1 Å². The van der Waals surface area contributed by atoms with E-state index < -0.39 is 17.5 Å². The van der Waals surface area contributed by atoms with Crippen LogP contribution in [0, 0.1) is 5.82 Å². The van der Waals surface area contributed by atoms with Crippen molar-refractivity contribution < 1.29 is 13.9 Å². The van der Waals surface area contributed by atoms with Crippen molar-refractivity contribution in [2.75, 3.05) is 10.6 Å². The standard InChI is InChI=1S/C16H19FN4O2/c1-16(2,3)23-15(22)21-11-4-5-13(17)14(8-11)20-10-12-9-18-6-7-19-12/h4-9,20H,10H2,1-3H3,(H,21,22). The van der Waals surface area contributed by atoms with Crippen molar-refractivity contribution >= 4 is 17.5 Å². The third-order valence-corrected chi connectivity index (χ3v) is 2.69. The Morgan fingerprint density at radius 2 is 2.09 bits per heavy atom. The normalized spacial score (nSPS) is 11.0. The second-order valence-corrected chi connectivity index (χ2v) is 5.87. The fourth-order valence-electron chi connectivity index (χ4n) is 1.77. The molecule has 0 unspecified atom stereocenters. The Hall–Kier alpha value is -2.70. The van der Waals surface area contributed by atoms with Crippen LogP contribution in [-0.2, 0) is 11.3 Å². The van der Waals surface area contributed by atoms with Crippen LogP contribution < -0.4 is 10.6 Å². The van der Waals surface area contributed by atoms with Crippen LogP contribution >= 0.6 is 0 Å². The molecular formula is C16H19FN4O2. The highest BCUT2D eigenvalue weighted by Gasteiger charge is 2.16. The number of rotatable bonds is 4. The number of carbonyl (C=O) groups excluding carboxylic acids is 1. The van der Waals surface area contributed by atoms with Gasteiger partial charge >= 0.3 is 6.09 Å². The van der Waals surface area contributed by atoms with Gasteiger partial charge in [0, 0.05) is 18.1 Å². The minimum Gasteiger partial charge on any atom is -0.444 e. The molecule has 0 saturated carbocycles. The average molecular weight is 318 g/mol. The van der Waals surface area contributed by atoms with Crippen LogP contribution in [-0.4, -0.2) is 21.7 Å². The summed E-state index contributed by atoms with van der Waals surface area (Å²) >= 11 is 0. The summed E-state index contributed by atoms with van der Waals surface area (Å²) in [5.74, 6) is -0.427. The number of halogens is 1. The lowest BCUT2D eigenvalue weighted by Gasteiger charge is -2.20. The second-order valence-electron chi connectivity index (χ2n) is 5.87. The third kappa shape index (κ3) is 5.54. The molecule has 1 amide bonds. The Bertz CT molecular complexity index is 672. The highest BCUT2D eigenvalue weighted by molar-refractivity contribution is 5.85. The molecular weight excluding hydrogens is 299 g/mol. The number of aromatic nitrogens is 2. The Balaban J connectivity index is 2.02. The van der Waals surface area contributed by atoms with Crippen molar-refractivity contribution in [3.05, 3.63) is 48.3 Å². The van der Waals surface area contributed by atoms with Crippen molar-refractivity contribution in [3.8, 4) is 0 Å². The predicted octanol–water partition coefficient (Wildman–Crippen LogP) is 3.57. The van der Waals surface area contributed by atoms with Gasteiger partial charge in [-0.15, -0.1) is 0 Å². The zero-order valence-electron chi connectivity index (χ0n) is 13.3. The zero-order chi connectivity index (χ0) is 16.9. The van der Waals surface area contributed by atoms with Gasteiger partial charge in [-0.2, -0.15) is 0 Å². The smallest absolute Gasteiger partial charge is 0.412 e. The first-order valence-electron chi connectivity index (χ1n) is 7.12. The summed E-state index contributed by atoms with van der Waals surface area (Å²) in [5, 5.41) is 5.49. The molecule has 0 radical (unpaired) electrons. The molecule has 2 rings (SSSR count). The molecule has 0 aliphatic rings. The molecule has 1 aromatic heterocycles. The lowest BCUT2D eigenvalue weighted by Crippen LogP contribution is -2.27. The molecule has 122 valence electrons.